The van der Waals surface area contributed by atoms with E-state index < -0.39 is 38.3 Å². The molecule has 0 spiro atoms. The Kier molecular flexibility index (Phi) is 6.99. The van der Waals surface area contributed by atoms with Crippen LogP contribution in [0.5, 0.6) is 5.75 Å². The van der Waals surface area contributed by atoms with Gasteiger partial charge in [-0.3, -0.25) is 9.35 Å². The van der Waals surface area contributed by atoms with Crippen LogP contribution in [0.3, 0.4) is 0 Å². The number of carbonyl (C=O) groups is 1. The number of methoxy groups -OCH3 is 2. The van der Waals surface area contributed by atoms with Crippen LogP contribution in [0.25, 0.3) is 0 Å². The molecule has 1 aliphatic rings. The number of aliphatic hydroxyl groups excluding tert-OH is 1. The Labute approximate surface area is 166 Å². The Morgan fingerprint density at radius 3 is 2.20 bits per heavy atom. The number of rotatable bonds is 5. The minimum absolute atomic E-state index is 0. The number of aliphatic hydroxyl groups is 1. The predicted octanol–water partition coefficient (Wildman–Crippen LogP) is 0.759. The molecule has 0 radical (unpaired) electrons. The van der Waals surface area contributed by atoms with Crippen molar-refractivity contribution in [3.8, 4) is 5.75 Å². The van der Waals surface area contributed by atoms with Crippen molar-refractivity contribution in [3.05, 3.63) is 52.6 Å². The summed E-state index contributed by atoms with van der Waals surface area (Å²) in [6.45, 7) is 0. The fourth-order valence-corrected chi connectivity index (χ4v) is 3.33. The fourth-order valence-electron chi connectivity index (χ4n) is 2.44. The zero-order chi connectivity index (χ0) is 18.1. The zero-order valence-electron chi connectivity index (χ0n) is 12.8. The molecular formula is C15H17NaO8S. The van der Waals surface area contributed by atoms with Gasteiger partial charge < -0.3 is 19.7 Å². The van der Waals surface area contributed by atoms with E-state index in [-0.39, 0.29) is 40.9 Å². The van der Waals surface area contributed by atoms with Crippen LogP contribution >= 0.6 is 0 Å². The Balaban J connectivity index is 0.00000312. The van der Waals surface area contributed by atoms with E-state index >= 15 is 0 Å². The Hall–Kier alpha value is -1.20. The van der Waals surface area contributed by atoms with Gasteiger partial charge in [-0.2, -0.15) is 8.42 Å². The molecule has 10 heteroatoms. The first-order valence-electron chi connectivity index (χ1n) is 6.70. The van der Waals surface area contributed by atoms with Crippen molar-refractivity contribution in [1.29, 1.82) is 0 Å². The van der Waals surface area contributed by atoms with Gasteiger partial charge >= 0.3 is 29.6 Å². The van der Waals surface area contributed by atoms with E-state index in [2.05, 4.69) is 0 Å². The van der Waals surface area contributed by atoms with Crippen molar-refractivity contribution in [2.45, 2.75) is 5.79 Å². The van der Waals surface area contributed by atoms with Gasteiger partial charge in [0.15, 0.2) is 5.78 Å². The third-order valence-corrected chi connectivity index (χ3v) is 4.63. The van der Waals surface area contributed by atoms with E-state index in [1.807, 2.05) is 0 Å². The first-order valence-corrected chi connectivity index (χ1v) is 8.14. The van der Waals surface area contributed by atoms with Crippen LogP contribution in [0.1, 0.15) is 10.4 Å². The molecule has 0 aromatic heterocycles. The van der Waals surface area contributed by atoms with E-state index in [4.69, 9.17) is 9.47 Å². The van der Waals surface area contributed by atoms with Crippen molar-refractivity contribution in [2.75, 3.05) is 14.2 Å². The van der Waals surface area contributed by atoms with Gasteiger partial charge in [-0.05, 0) is 18.2 Å². The average Bonchev–Trinajstić information content (AvgIpc) is 2.53. The number of hydrogen-bond donors (Lipinski definition) is 3. The summed E-state index contributed by atoms with van der Waals surface area (Å²) in [6, 6.07) is 5.60. The predicted molar refractivity (Wildman–Crippen MR) is 90.2 cm³/mol. The molecule has 1 unspecified atom stereocenters. The number of allylic oxidation sites excluding steroid dienone is 1. The first kappa shape index (κ1) is 21.8. The number of phenols is 1. The van der Waals surface area contributed by atoms with Crippen molar-refractivity contribution in [2.24, 2.45) is 5.92 Å². The number of ketones is 1. The quantitative estimate of drug-likeness (QED) is 0.295. The van der Waals surface area contributed by atoms with E-state index in [1.165, 1.54) is 24.3 Å². The topological polar surface area (TPSA) is 130 Å². The molecule has 1 atom stereocenters. The van der Waals surface area contributed by atoms with E-state index in [0.29, 0.717) is 0 Å². The van der Waals surface area contributed by atoms with Crippen molar-refractivity contribution >= 4 is 45.5 Å². The second-order valence-corrected chi connectivity index (χ2v) is 6.40. The molecular weight excluding hydrogens is 363 g/mol. The first-order chi connectivity index (χ1) is 11.2. The Morgan fingerprint density at radius 2 is 1.72 bits per heavy atom. The minimum atomic E-state index is -4.80. The van der Waals surface area contributed by atoms with Gasteiger partial charge in [-0.25, -0.2) is 0 Å². The standard InChI is InChI=1S/C15H16O8S.Na.H/c1-22-15(23-2)8-12(17)10(7-13(15)24(19,20)21)14(18)9-5-3-4-6-11(9)16;;/h3-8,10,16-17H,1-2H3,(H,19,20,21);;. The monoisotopic (exact) mass is 380 g/mol. The van der Waals surface area contributed by atoms with Crippen LogP contribution in [0.2, 0.25) is 0 Å². The number of phenolic OH excluding ortho intramolecular Hbond substituents is 1. The summed E-state index contributed by atoms with van der Waals surface area (Å²) in [5, 5.41) is 19.9. The molecule has 2 rings (SSSR count). The number of Topliss-reactive ketones (excluding diaryl/α,β-unsaturated/α-hetero) is 1. The molecule has 0 aliphatic heterocycles. The van der Waals surface area contributed by atoms with Gasteiger partial charge in [-0.15, -0.1) is 0 Å². The van der Waals surface area contributed by atoms with Crippen LogP contribution in [-0.2, 0) is 19.6 Å². The molecule has 0 saturated heterocycles. The Morgan fingerprint density at radius 1 is 1.16 bits per heavy atom. The number of aromatic hydroxyl groups is 1. The molecule has 1 aliphatic carbocycles. The molecule has 132 valence electrons. The molecule has 1 aromatic carbocycles. The van der Waals surface area contributed by atoms with Gasteiger partial charge in [-0.1, -0.05) is 12.1 Å². The molecule has 25 heavy (non-hydrogen) atoms. The molecule has 0 bridgehead atoms. The maximum absolute atomic E-state index is 12.5. The van der Waals surface area contributed by atoms with E-state index in [0.717, 1.165) is 26.4 Å². The molecule has 0 heterocycles. The molecule has 8 nitrogen and oxygen atoms in total. The third kappa shape index (κ3) is 4.14. The summed E-state index contributed by atoms with van der Waals surface area (Å²) >= 11 is 0. The van der Waals surface area contributed by atoms with Crippen molar-refractivity contribution < 1.29 is 37.5 Å². The van der Waals surface area contributed by atoms with E-state index in [1.54, 1.807) is 0 Å². The number of benzene rings is 1. The second kappa shape index (κ2) is 8.00. The van der Waals surface area contributed by atoms with E-state index in [9.17, 15) is 28.0 Å². The molecule has 0 amide bonds. The zero-order valence-corrected chi connectivity index (χ0v) is 13.6. The molecule has 0 fully saturated rings. The van der Waals surface area contributed by atoms with Gasteiger partial charge in [0.25, 0.3) is 10.1 Å². The maximum atomic E-state index is 12.5. The summed E-state index contributed by atoms with van der Waals surface area (Å²) in [4.78, 5) is 11.8. The summed E-state index contributed by atoms with van der Waals surface area (Å²) in [5.74, 6) is -5.13. The average molecular weight is 380 g/mol. The van der Waals surface area contributed by atoms with Gasteiger partial charge in [0, 0.05) is 20.3 Å². The van der Waals surface area contributed by atoms with Gasteiger partial charge in [0.1, 0.15) is 16.4 Å². The number of para-hydroxylation sites is 1. The van der Waals surface area contributed by atoms with Gasteiger partial charge in [0.2, 0.25) is 5.79 Å². The van der Waals surface area contributed by atoms with Crippen LogP contribution < -0.4 is 0 Å². The van der Waals surface area contributed by atoms with Crippen LogP contribution in [0.15, 0.2) is 47.1 Å². The van der Waals surface area contributed by atoms with Gasteiger partial charge in [0.05, 0.1) is 11.5 Å². The molecule has 1 aromatic rings. The van der Waals surface area contributed by atoms with Crippen LogP contribution in [0, 0.1) is 5.92 Å². The SMILES string of the molecule is COC1(OC)C=C(O)C(C(=O)c2ccccc2O)C=C1S(=O)(=O)O.[NaH]. The summed E-state index contributed by atoms with van der Waals surface area (Å²) < 4.78 is 42.7. The molecule has 0 saturated carbocycles. The Bertz CT molecular complexity index is 824. The summed E-state index contributed by atoms with van der Waals surface area (Å²) in [6.07, 6.45) is 1.70. The van der Waals surface area contributed by atoms with Crippen LogP contribution in [0.4, 0.5) is 0 Å². The fraction of sp³-hybridized carbons (Fsp3) is 0.267. The summed E-state index contributed by atoms with van der Waals surface area (Å²) in [5.41, 5.74) is -0.115. The normalized spacial score (nSPS) is 19.4. The number of ether oxygens (including phenoxy) is 2. The van der Waals surface area contributed by atoms with Crippen molar-refractivity contribution in [1.82, 2.24) is 0 Å². The summed E-state index contributed by atoms with van der Waals surface area (Å²) in [7, 11) is -2.58. The van der Waals surface area contributed by atoms with Crippen molar-refractivity contribution in [3.63, 3.8) is 0 Å². The number of carbonyl (C=O) groups excluding carboxylic acids is 1. The second-order valence-electron chi connectivity index (χ2n) is 5.01. The molecule has 3 N–H and O–H groups in total. The van der Waals surface area contributed by atoms with Crippen LogP contribution in [-0.4, -0.2) is 78.5 Å². The number of hydrogen-bond acceptors (Lipinski definition) is 7. The third-order valence-electron chi connectivity index (χ3n) is 3.65.